The lowest BCUT2D eigenvalue weighted by molar-refractivity contribution is -0.147. The van der Waals surface area contributed by atoms with E-state index in [1.54, 1.807) is 7.11 Å². The summed E-state index contributed by atoms with van der Waals surface area (Å²) < 4.78 is 12.1. The van der Waals surface area contributed by atoms with Gasteiger partial charge in [-0.1, -0.05) is 36.4 Å². The highest BCUT2D eigenvalue weighted by molar-refractivity contribution is 5.78. The second-order valence-electron chi connectivity index (χ2n) is 10.9. The van der Waals surface area contributed by atoms with Gasteiger partial charge in [-0.25, -0.2) is 0 Å². The lowest BCUT2D eigenvalue weighted by Gasteiger charge is -2.58. The number of carbonyl (C=O) groups is 1. The molecular weight excluding hydrogens is 428 g/mol. The molecule has 0 radical (unpaired) electrons. The third-order valence-corrected chi connectivity index (χ3v) is 8.48. The molecule has 5 aliphatic rings. The van der Waals surface area contributed by atoms with Crippen molar-refractivity contribution < 1.29 is 19.4 Å². The molecule has 4 fully saturated rings. The van der Waals surface area contributed by atoms with E-state index in [9.17, 15) is 9.90 Å². The predicted molar refractivity (Wildman–Crippen MR) is 129 cm³/mol. The average molecular weight is 463 g/mol. The maximum atomic E-state index is 13.3. The molecule has 0 aromatic heterocycles. The van der Waals surface area contributed by atoms with E-state index >= 15 is 0 Å². The molecule has 34 heavy (non-hydrogen) atoms. The Hall–Kier alpha value is -2.57. The van der Waals surface area contributed by atoms with E-state index in [1.807, 2.05) is 42.5 Å². The fourth-order valence-electron chi connectivity index (χ4n) is 7.35. The van der Waals surface area contributed by atoms with Crippen LogP contribution in [0.4, 0.5) is 0 Å². The molecule has 0 unspecified atom stereocenters. The van der Waals surface area contributed by atoms with Gasteiger partial charge in [-0.3, -0.25) is 9.69 Å². The van der Waals surface area contributed by atoms with Gasteiger partial charge < -0.3 is 19.9 Å². The molecule has 4 saturated carbocycles. The Labute approximate surface area is 201 Å². The number of fused-ring (bicyclic) bond motifs is 1. The predicted octanol–water partition coefficient (Wildman–Crippen LogP) is 3.69. The molecule has 2 aromatic rings. The SMILES string of the molecule is COc1ccccc1[C@H]1CN(CC(=O)NC2[C@@H]3CC4C[C@@H]2CC(O)(C4)C3)Cc2ccccc2O1. The van der Waals surface area contributed by atoms with Gasteiger partial charge in [-0.2, -0.15) is 0 Å². The first-order valence-electron chi connectivity index (χ1n) is 12.6. The number of rotatable bonds is 5. The molecule has 6 heteroatoms. The van der Waals surface area contributed by atoms with Crippen molar-refractivity contribution in [2.75, 3.05) is 20.2 Å². The highest BCUT2D eigenvalue weighted by atomic mass is 16.5. The number of methoxy groups -OCH3 is 1. The van der Waals surface area contributed by atoms with Crippen LogP contribution in [0.25, 0.3) is 0 Å². The van der Waals surface area contributed by atoms with Gasteiger partial charge in [-0.15, -0.1) is 0 Å². The van der Waals surface area contributed by atoms with Crippen LogP contribution in [0.2, 0.25) is 0 Å². The van der Waals surface area contributed by atoms with Gasteiger partial charge in [0.1, 0.15) is 17.6 Å². The highest BCUT2D eigenvalue weighted by Gasteiger charge is 2.55. The molecule has 1 amide bonds. The summed E-state index contributed by atoms with van der Waals surface area (Å²) in [6.45, 7) is 1.59. The summed E-state index contributed by atoms with van der Waals surface area (Å²) in [5.74, 6) is 3.18. The molecule has 4 bridgehead atoms. The molecule has 1 heterocycles. The van der Waals surface area contributed by atoms with Crippen LogP contribution < -0.4 is 14.8 Å². The quantitative estimate of drug-likeness (QED) is 0.709. The average Bonchev–Trinajstić information content (AvgIpc) is 2.99. The number of nitrogens with zero attached hydrogens (tertiary/aromatic N) is 1. The Morgan fingerprint density at radius 1 is 1.12 bits per heavy atom. The van der Waals surface area contributed by atoms with Crippen molar-refractivity contribution in [2.45, 2.75) is 56.4 Å². The van der Waals surface area contributed by atoms with Gasteiger partial charge in [-0.05, 0) is 62.0 Å². The Balaban J connectivity index is 1.19. The minimum Gasteiger partial charge on any atom is -0.496 e. The van der Waals surface area contributed by atoms with E-state index in [0.717, 1.165) is 54.7 Å². The van der Waals surface area contributed by atoms with Crippen LogP contribution in [0.3, 0.4) is 0 Å². The third-order valence-electron chi connectivity index (χ3n) is 8.48. The number of carbonyl (C=O) groups excluding carboxylic acids is 1. The largest absolute Gasteiger partial charge is 0.496 e. The Morgan fingerprint density at radius 2 is 1.85 bits per heavy atom. The Morgan fingerprint density at radius 3 is 2.62 bits per heavy atom. The number of para-hydroxylation sites is 2. The number of benzene rings is 2. The van der Waals surface area contributed by atoms with Gasteiger partial charge in [0.15, 0.2) is 0 Å². The summed E-state index contributed by atoms with van der Waals surface area (Å²) in [6.07, 6.45) is 4.69. The van der Waals surface area contributed by atoms with Crippen molar-refractivity contribution in [2.24, 2.45) is 17.8 Å². The van der Waals surface area contributed by atoms with Crippen LogP contribution in [0.15, 0.2) is 48.5 Å². The summed E-state index contributed by atoms with van der Waals surface area (Å²) in [5, 5.41) is 14.3. The van der Waals surface area contributed by atoms with Crippen LogP contribution in [-0.2, 0) is 11.3 Å². The maximum absolute atomic E-state index is 13.3. The van der Waals surface area contributed by atoms with E-state index in [1.165, 1.54) is 0 Å². The number of amides is 1. The molecule has 7 rings (SSSR count). The number of aliphatic hydroxyl groups is 1. The van der Waals surface area contributed by atoms with Gasteiger partial charge in [0.25, 0.3) is 0 Å². The minimum atomic E-state index is -0.481. The molecule has 2 N–H and O–H groups in total. The molecule has 180 valence electrons. The molecule has 6 nitrogen and oxygen atoms in total. The molecule has 2 aromatic carbocycles. The van der Waals surface area contributed by atoms with Crippen LogP contribution in [0.5, 0.6) is 11.5 Å². The topological polar surface area (TPSA) is 71.0 Å². The van der Waals surface area contributed by atoms with Crippen LogP contribution in [-0.4, -0.2) is 47.8 Å². The van der Waals surface area contributed by atoms with Crippen LogP contribution >= 0.6 is 0 Å². The number of hydrogen-bond acceptors (Lipinski definition) is 5. The van der Waals surface area contributed by atoms with Crippen molar-refractivity contribution in [3.63, 3.8) is 0 Å². The number of ether oxygens (including phenoxy) is 2. The Bertz CT molecular complexity index is 1060. The first kappa shape index (κ1) is 21.9. The summed E-state index contributed by atoms with van der Waals surface area (Å²) >= 11 is 0. The zero-order chi connectivity index (χ0) is 23.3. The maximum Gasteiger partial charge on any atom is 0.234 e. The fourth-order valence-corrected chi connectivity index (χ4v) is 7.35. The van der Waals surface area contributed by atoms with Gasteiger partial charge in [0, 0.05) is 30.3 Å². The normalized spacial score (nSPS) is 34.1. The molecule has 1 aliphatic heterocycles. The number of nitrogens with one attached hydrogen (secondary N) is 1. The second-order valence-corrected chi connectivity index (χ2v) is 10.9. The summed E-state index contributed by atoms with van der Waals surface area (Å²) in [7, 11) is 1.68. The summed E-state index contributed by atoms with van der Waals surface area (Å²) in [6, 6.07) is 16.2. The molecule has 0 saturated heterocycles. The summed E-state index contributed by atoms with van der Waals surface area (Å²) in [5.41, 5.74) is 1.59. The minimum absolute atomic E-state index is 0.0719. The van der Waals surface area contributed by atoms with E-state index in [4.69, 9.17) is 9.47 Å². The first-order valence-corrected chi connectivity index (χ1v) is 12.6. The van der Waals surface area contributed by atoms with E-state index in [0.29, 0.717) is 37.4 Å². The lowest BCUT2D eigenvalue weighted by Crippen LogP contribution is -2.62. The standard InChI is InChI=1S/C28H34N2O4/c1-33-24-9-5-3-7-22(24)25-16-30(15-19-6-2-4-8-23(19)34-25)17-26(31)29-27-20-10-18-11-21(27)14-28(32,12-18)13-20/h2-9,18,20-21,25,27,32H,10-17H2,1H3,(H,29,31)/t18?,20-,21-,25-,27?,28?/m1/s1. The molecular formula is C28H34N2O4. The fraction of sp³-hybridized carbons (Fsp3) is 0.536. The lowest BCUT2D eigenvalue weighted by atomic mass is 9.52. The van der Waals surface area contributed by atoms with Gasteiger partial charge in [0.05, 0.1) is 19.3 Å². The van der Waals surface area contributed by atoms with E-state index in [2.05, 4.69) is 16.3 Å². The first-order chi connectivity index (χ1) is 16.5. The van der Waals surface area contributed by atoms with E-state index < -0.39 is 5.60 Å². The van der Waals surface area contributed by atoms with Crippen molar-refractivity contribution in [1.29, 1.82) is 0 Å². The smallest absolute Gasteiger partial charge is 0.234 e. The van der Waals surface area contributed by atoms with Crippen molar-refractivity contribution in [1.82, 2.24) is 10.2 Å². The van der Waals surface area contributed by atoms with Crippen molar-refractivity contribution in [3.05, 3.63) is 59.7 Å². The van der Waals surface area contributed by atoms with Gasteiger partial charge in [0.2, 0.25) is 5.91 Å². The monoisotopic (exact) mass is 462 g/mol. The third kappa shape index (κ3) is 4.07. The van der Waals surface area contributed by atoms with Crippen molar-refractivity contribution in [3.8, 4) is 11.5 Å². The van der Waals surface area contributed by atoms with E-state index in [-0.39, 0.29) is 18.1 Å². The number of hydrogen-bond donors (Lipinski definition) is 2. The second kappa shape index (κ2) is 8.58. The molecule has 4 aliphatic carbocycles. The molecule has 0 spiro atoms. The van der Waals surface area contributed by atoms with Crippen LogP contribution in [0.1, 0.15) is 49.3 Å². The highest BCUT2D eigenvalue weighted by Crippen LogP contribution is 2.55. The zero-order valence-corrected chi connectivity index (χ0v) is 19.8. The van der Waals surface area contributed by atoms with Crippen molar-refractivity contribution >= 4 is 5.91 Å². The Kier molecular flexibility index (Phi) is 5.53. The molecule has 3 atom stereocenters. The van der Waals surface area contributed by atoms with Crippen LogP contribution in [0, 0.1) is 17.8 Å². The summed E-state index contributed by atoms with van der Waals surface area (Å²) in [4.78, 5) is 15.5. The zero-order valence-electron chi connectivity index (χ0n) is 19.8. The van der Waals surface area contributed by atoms with Gasteiger partial charge >= 0.3 is 0 Å².